The van der Waals surface area contributed by atoms with Crippen LogP contribution in [0.3, 0.4) is 0 Å². The van der Waals surface area contributed by atoms with Gasteiger partial charge in [-0.1, -0.05) is 48.2 Å². The molecule has 0 radical (unpaired) electrons. The number of nitrogens with zero attached hydrogens (tertiary/aromatic N) is 3. The quantitative estimate of drug-likeness (QED) is 0.311. The van der Waals surface area contributed by atoms with Crippen molar-refractivity contribution in [2.24, 2.45) is 10.2 Å². The minimum atomic E-state index is -1.57. The maximum atomic E-state index is 13.0. The highest BCUT2D eigenvalue weighted by molar-refractivity contribution is 6.10. The molecule has 0 aliphatic carbocycles. The molecule has 5 rings (SSSR count). The standard InChI is InChI=1S/C28H23N5O4/c1-37-23-12-11-21-17-33(25(34)24(21)15-23)18-28(26(35)30-27(36)31-28)14-13-19-7-9-20(10-8-19)16-29-32-22-5-3-2-4-6-22/h2-12,15H,16-18H2,1H3,(H2,30,31,35,36). The molecule has 1 atom stereocenters. The Hall–Kier alpha value is -4.97. The van der Waals surface area contributed by atoms with Crippen molar-refractivity contribution >= 4 is 23.5 Å². The third-order valence-electron chi connectivity index (χ3n) is 6.14. The predicted octanol–water partition coefficient (Wildman–Crippen LogP) is 3.56. The van der Waals surface area contributed by atoms with Gasteiger partial charge in [-0.2, -0.15) is 10.2 Å². The van der Waals surface area contributed by atoms with Gasteiger partial charge in [-0.25, -0.2) is 4.79 Å². The van der Waals surface area contributed by atoms with E-state index in [1.165, 1.54) is 12.0 Å². The first-order valence-electron chi connectivity index (χ1n) is 11.6. The summed E-state index contributed by atoms with van der Waals surface area (Å²) in [6.07, 6.45) is 0. The third kappa shape index (κ3) is 5.04. The highest BCUT2D eigenvalue weighted by atomic mass is 16.5. The number of amides is 4. The molecule has 3 aromatic rings. The number of fused-ring (bicyclic) bond motifs is 1. The van der Waals surface area contributed by atoms with Crippen LogP contribution in [0.25, 0.3) is 0 Å². The number of benzene rings is 3. The number of azo groups is 1. The second-order valence-corrected chi connectivity index (χ2v) is 8.68. The number of methoxy groups -OCH3 is 1. The molecule has 2 N–H and O–H groups in total. The Labute approximate surface area is 213 Å². The molecule has 1 saturated heterocycles. The molecule has 0 aromatic heterocycles. The maximum Gasteiger partial charge on any atom is 0.323 e. The summed E-state index contributed by atoms with van der Waals surface area (Å²) in [7, 11) is 1.53. The monoisotopic (exact) mass is 493 g/mol. The highest BCUT2D eigenvalue weighted by Crippen LogP contribution is 2.28. The van der Waals surface area contributed by atoms with Crippen LogP contribution in [0.4, 0.5) is 10.5 Å². The molecule has 4 amide bonds. The average Bonchev–Trinajstić information content (AvgIpc) is 3.37. The van der Waals surface area contributed by atoms with E-state index in [4.69, 9.17) is 4.74 Å². The van der Waals surface area contributed by atoms with Crippen LogP contribution in [-0.4, -0.2) is 41.9 Å². The van der Waals surface area contributed by atoms with E-state index in [0.29, 0.717) is 30.0 Å². The van der Waals surface area contributed by atoms with Gasteiger partial charge in [0, 0.05) is 17.7 Å². The second kappa shape index (κ2) is 9.95. The normalized spacial score (nSPS) is 18.3. The summed E-state index contributed by atoms with van der Waals surface area (Å²) < 4.78 is 5.22. The van der Waals surface area contributed by atoms with Gasteiger partial charge in [0.25, 0.3) is 11.8 Å². The summed E-state index contributed by atoms with van der Waals surface area (Å²) in [6.45, 7) is 0.621. The minimum Gasteiger partial charge on any atom is -0.497 e. The van der Waals surface area contributed by atoms with E-state index < -0.39 is 17.5 Å². The van der Waals surface area contributed by atoms with Gasteiger partial charge in [-0.15, -0.1) is 0 Å². The number of urea groups is 1. The summed E-state index contributed by atoms with van der Waals surface area (Å²) in [6, 6.07) is 21.5. The fourth-order valence-electron chi connectivity index (χ4n) is 4.18. The number of hydrogen-bond donors (Lipinski definition) is 2. The highest BCUT2D eigenvalue weighted by Gasteiger charge is 2.48. The summed E-state index contributed by atoms with van der Waals surface area (Å²) in [4.78, 5) is 39.4. The lowest BCUT2D eigenvalue weighted by Crippen LogP contribution is -2.54. The largest absolute Gasteiger partial charge is 0.497 e. The van der Waals surface area contributed by atoms with Gasteiger partial charge in [-0.05, 0) is 47.5 Å². The van der Waals surface area contributed by atoms with E-state index in [2.05, 4.69) is 32.7 Å². The van der Waals surface area contributed by atoms with E-state index >= 15 is 0 Å². The van der Waals surface area contributed by atoms with Gasteiger partial charge < -0.3 is 15.0 Å². The molecule has 2 aliphatic heterocycles. The Balaban J connectivity index is 1.32. The van der Waals surface area contributed by atoms with Crippen molar-refractivity contribution in [3.8, 4) is 17.6 Å². The molecule has 3 aromatic carbocycles. The second-order valence-electron chi connectivity index (χ2n) is 8.68. The molecule has 0 bridgehead atoms. The molecule has 1 fully saturated rings. The Morgan fingerprint density at radius 3 is 2.51 bits per heavy atom. The molecule has 9 nitrogen and oxygen atoms in total. The number of carbonyl (C=O) groups excluding carboxylic acids is 3. The summed E-state index contributed by atoms with van der Waals surface area (Å²) in [5, 5.41) is 13.3. The zero-order valence-electron chi connectivity index (χ0n) is 20.0. The van der Waals surface area contributed by atoms with Gasteiger partial charge >= 0.3 is 6.03 Å². The fourth-order valence-corrected chi connectivity index (χ4v) is 4.18. The first-order valence-corrected chi connectivity index (χ1v) is 11.6. The smallest absolute Gasteiger partial charge is 0.323 e. The molecule has 1 unspecified atom stereocenters. The van der Waals surface area contributed by atoms with Gasteiger partial charge in [0.1, 0.15) is 5.75 Å². The molecule has 2 heterocycles. The van der Waals surface area contributed by atoms with Crippen molar-refractivity contribution in [1.82, 2.24) is 15.5 Å². The number of nitrogens with one attached hydrogen (secondary N) is 2. The average molecular weight is 494 g/mol. The van der Waals surface area contributed by atoms with Gasteiger partial charge in [0.2, 0.25) is 5.54 Å². The molecular formula is C28H23N5O4. The Kier molecular flexibility index (Phi) is 6.39. The van der Waals surface area contributed by atoms with Crippen LogP contribution in [-0.2, 0) is 17.9 Å². The number of hydrogen-bond acceptors (Lipinski definition) is 6. The fraction of sp³-hybridized carbons (Fsp3) is 0.179. The first-order chi connectivity index (χ1) is 18.0. The molecular weight excluding hydrogens is 470 g/mol. The van der Waals surface area contributed by atoms with E-state index in [1.807, 2.05) is 60.7 Å². The van der Waals surface area contributed by atoms with E-state index in [-0.39, 0.29) is 12.5 Å². The summed E-state index contributed by atoms with van der Waals surface area (Å²) >= 11 is 0. The van der Waals surface area contributed by atoms with Crippen LogP contribution in [0.1, 0.15) is 27.0 Å². The van der Waals surface area contributed by atoms with Crippen LogP contribution in [0.2, 0.25) is 0 Å². The van der Waals surface area contributed by atoms with Crippen molar-refractivity contribution in [2.45, 2.75) is 18.6 Å². The molecule has 37 heavy (non-hydrogen) atoms. The van der Waals surface area contributed by atoms with Crippen molar-refractivity contribution in [3.05, 3.63) is 95.1 Å². The van der Waals surface area contributed by atoms with E-state index in [0.717, 1.165) is 16.8 Å². The topological polar surface area (TPSA) is 112 Å². The summed E-state index contributed by atoms with van der Waals surface area (Å²) in [5.74, 6) is 5.62. The van der Waals surface area contributed by atoms with Gasteiger partial charge in [0.05, 0.1) is 25.9 Å². The Morgan fingerprint density at radius 1 is 1.03 bits per heavy atom. The van der Waals surface area contributed by atoms with Crippen LogP contribution < -0.4 is 15.4 Å². The van der Waals surface area contributed by atoms with Crippen molar-refractivity contribution in [3.63, 3.8) is 0 Å². The molecule has 2 aliphatic rings. The maximum absolute atomic E-state index is 13.0. The lowest BCUT2D eigenvalue weighted by molar-refractivity contribution is -0.122. The molecule has 0 saturated carbocycles. The lowest BCUT2D eigenvalue weighted by Gasteiger charge is -2.26. The van der Waals surface area contributed by atoms with Crippen LogP contribution in [0.5, 0.6) is 5.75 Å². The number of rotatable bonds is 6. The van der Waals surface area contributed by atoms with E-state index in [9.17, 15) is 14.4 Å². The van der Waals surface area contributed by atoms with Crippen molar-refractivity contribution in [2.75, 3.05) is 13.7 Å². The predicted molar refractivity (Wildman–Crippen MR) is 135 cm³/mol. The molecule has 184 valence electrons. The zero-order chi connectivity index (χ0) is 25.8. The zero-order valence-corrected chi connectivity index (χ0v) is 20.0. The van der Waals surface area contributed by atoms with Gasteiger partial charge in [0.15, 0.2) is 0 Å². The van der Waals surface area contributed by atoms with Crippen LogP contribution >= 0.6 is 0 Å². The number of ether oxygens (including phenoxy) is 1. The van der Waals surface area contributed by atoms with E-state index in [1.54, 1.807) is 12.1 Å². The minimum absolute atomic E-state index is 0.0919. The molecule has 9 heteroatoms. The summed E-state index contributed by atoms with van der Waals surface area (Å²) in [5.41, 5.74) is 2.14. The first kappa shape index (κ1) is 23.8. The number of carbonyl (C=O) groups is 3. The Bertz CT molecular complexity index is 1460. The lowest BCUT2D eigenvalue weighted by atomic mass is 9.99. The van der Waals surface area contributed by atoms with Crippen LogP contribution in [0, 0.1) is 11.8 Å². The van der Waals surface area contributed by atoms with Crippen LogP contribution in [0.15, 0.2) is 83.0 Å². The van der Waals surface area contributed by atoms with Crippen molar-refractivity contribution < 1.29 is 19.1 Å². The third-order valence-corrected chi connectivity index (χ3v) is 6.14. The molecule has 0 spiro atoms. The number of imide groups is 1. The SMILES string of the molecule is COc1ccc2c(c1)C(=O)N(CC1(C#Cc3ccc(CN=Nc4ccccc4)cc3)NC(=O)NC1=O)C2. The van der Waals surface area contributed by atoms with Crippen molar-refractivity contribution in [1.29, 1.82) is 0 Å². The van der Waals surface area contributed by atoms with Gasteiger partial charge in [-0.3, -0.25) is 14.9 Å². The Morgan fingerprint density at radius 2 is 1.81 bits per heavy atom.